The van der Waals surface area contributed by atoms with Gasteiger partial charge in [-0.2, -0.15) is 0 Å². The van der Waals surface area contributed by atoms with Gasteiger partial charge in [0.1, 0.15) is 11.6 Å². The van der Waals surface area contributed by atoms with Gasteiger partial charge in [0, 0.05) is 25.2 Å². The molecule has 0 amide bonds. The summed E-state index contributed by atoms with van der Waals surface area (Å²) in [6, 6.07) is 2.77. The Balaban J connectivity index is 2.26. The summed E-state index contributed by atoms with van der Waals surface area (Å²) in [5.41, 5.74) is 0. The van der Waals surface area contributed by atoms with E-state index in [1.807, 2.05) is 6.26 Å². The molecule has 4 nitrogen and oxygen atoms in total. The van der Waals surface area contributed by atoms with Crippen molar-refractivity contribution in [3.8, 4) is 0 Å². The van der Waals surface area contributed by atoms with Gasteiger partial charge in [-0.25, -0.2) is 9.97 Å². The molecule has 19 heavy (non-hydrogen) atoms. The lowest BCUT2D eigenvalue weighted by Gasteiger charge is -2.26. The van der Waals surface area contributed by atoms with Crippen LogP contribution in [0.5, 0.6) is 0 Å². The highest BCUT2D eigenvalue weighted by atomic mass is 32.2. The topological polar surface area (TPSA) is 41.0 Å². The fraction of sp³-hybridized carbons (Fsp3) is 0.714. The van der Waals surface area contributed by atoms with Crippen LogP contribution in [0.25, 0.3) is 0 Å². The zero-order valence-corrected chi connectivity index (χ0v) is 13.1. The Bertz CT molecular complexity index is 418. The molecule has 1 heterocycles. The van der Waals surface area contributed by atoms with E-state index in [1.165, 1.54) is 12.8 Å². The molecule has 1 fully saturated rings. The smallest absolute Gasteiger partial charge is 0.191 e. The Labute approximate surface area is 120 Å². The van der Waals surface area contributed by atoms with Crippen molar-refractivity contribution in [1.29, 1.82) is 0 Å². The predicted molar refractivity (Wildman–Crippen MR) is 83.2 cm³/mol. The maximum Gasteiger partial charge on any atom is 0.191 e. The summed E-state index contributed by atoms with van der Waals surface area (Å²) in [6.45, 7) is 8.57. The molecule has 0 radical (unpaired) electrons. The molecular weight excluding hydrogens is 256 g/mol. The molecule has 5 heteroatoms. The zero-order valence-electron chi connectivity index (χ0n) is 12.3. The van der Waals surface area contributed by atoms with E-state index >= 15 is 0 Å². The van der Waals surface area contributed by atoms with Crippen molar-refractivity contribution in [1.82, 2.24) is 9.97 Å². The Morgan fingerprint density at radius 1 is 1.42 bits per heavy atom. The third kappa shape index (κ3) is 4.00. The van der Waals surface area contributed by atoms with E-state index in [0.29, 0.717) is 12.0 Å². The van der Waals surface area contributed by atoms with Crippen molar-refractivity contribution in [3.63, 3.8) is 0 Å². The van der Waals surface area contributed by atoms with Gasteiger partial charge in [0.15, 0.2) is 5.16 Å². The van der Waals surface area contributed by atoms with Crippen molar-refractivity contribution < 1.29 is 0 Å². The first-order chi connectivity index (χ1) is 9.13. The van der Waals surface area contributed by atoms with Crippen molar-refractivity contribution >= 4 is 23.4 Å². The fourth-order valence-corrected chi connectivity index (χ4v) is 2.51. The minimum atomic E-state index is 0.649. The quantitative estimate of drug-likeness (QED) is 0.613. The highest BCUT2D eigenvalue weighted by Crippen LogP contribution is 2.32. The van der Waals surface area contributed by atoms with Gasteiger partial charge in [-0.05, 0) is 31.9 Å². The second-order valence-electron chi connectivity index (χ2n) is 5.41. The van der Waals surface area contributed by atoms with Crippen LogP contribution in [0.15, 0.2) is 11.2 Å². The summed E-state index contributed by atoms with van der Waals surface area (Å²) < 4.78 is 0. The van der Waals surface area contributed by atoms with Gasteiger partial charge in [0.2, 0.25) is 0 Å². The van der Waals surface area contributed by atoms with Crippen LogP contribution in [0.4, 0.5) is 11.6 Å². The molecular formula is C14H24N4S. The standard InChI is InChI=1S/C14H24N4S/c1-5-15-12-8-13(17-14(16-12)19-4)18(9-10(2)3)11-6-7-11/h8,10-11H,5-7,9H2,1-4H3,(H,15,16,17). The summed E-state index contributed by atoms with van der Waals surface area (Å²) in [5, 5.41) is 4.15. The minimum Gasteiger partial charge on any atom is -0.370 e. The highest BCUT2D eigenvalue weighted by molar-refractivity contribution is 7.98. The number of aromatic nitrogens is 2. The van der Waals surface area contributed by atoms with Crippen molar-refractivity contribution in [3.05, 3.63) is 6.07 Å². The Hall–Kier alpha value is -0.970. The lowest BCUT2D eigenvalue weighted by Crippen LogP contribution is -2.30. The predicted octanol–water partition coefficient (Wildman–Crippen LogP) is 3.26. The van der Waals surface area contributed by atoms with Gasteiger partial charge in [0.05, 0.1) is 0 Å². The average molecular weight is 280 g/mol. The van der Waals surface area contributed by atoms with E-state index in [9.17, 15) is 0 Å². The van der Waals surface area contributed by atoms with E-state index in [-0.39, 0.29) is 0 Å². The van der Waals surface area contributed by atoms with Gasteiger partial charge in [-0.15, -0.1) is 0 Å². The molecule has 1 N–H and O–H groups in total. The van der Waals surface area contributed by atoms with Crippen molar-refractivity contribution in [2.75, 3.05) is 29.6 Å². The number of rotatable bonds is 7. The van der Waals surface area contributed by atoms with Crippen LogP contribution in [0, 0.1) is 5.92 Å². The number of thioether (sulfide) groups is 1. The van der Waals surface area contributed by atoms with Crippen LogP contribution in [0.2, 0.25) is 0 Å². The summed E-state index contributed by atoms with van der Waals surface area (Å²) >= 11 is 1.60. The Morgan fingerprint density at radius 3 is 2.68 bits per heavy atom. The number of nitrogens with one attached hydrogen (secondary N) is 1. The van der Waals surface area contributed by atoms with E-state index in [0.717, 1.165) is 29.9 Å². The summed E-state index contributed by atoms with van der Waals surface area (Å²) in [7, 11) is 0. The summed E-state index contributed by atoms with van der Waals surface area (Å²) in [4.78, 5) is 11.6. The molecule has 0 atom stereocenters. The lowest BCUT2D eigenvalue weighted by atomic mass is 10.2. The molecule has 1 saturated carbocycles. The normalized spacial score (nSPS) is 14.8. The van der Waals surface area contributed by atoms with Gasteiger partial charge in [-0.3, -0.25) is 0 Å². The minimum absolute atomic E-state index is 0.649. The van der Waals surface area contributed by atoms with Crippen LogP contribution < -0.4 is 10.2 Å². The van der Waals surface area contributed by atoms with E-state index in [1.54, 1.807) is 11.8 Å². The monoisotopic (exact) mass is 280 g/mol. The Kier molecular flexibility index (Phi) is 4.91. The molecule has 1 aliphatic carbocycles. The molecule has 0 bridgehead atoms. The molecule has 1 aliphatic rings. The number of hydrogen-bond acceptors (Lipinski definition) is 5. The third-order valence-electron chi connectivity index (χ3n) is 3.08. The van der Waals surface area contributed by atoms with Crippen molar-refractivity contribution in [2.45, 2.75) is 44.8 Å². The molecule has 0 aromatic carbocycles. The third-order valence-corrected chi connectivity index (χ3v) is 3.62. The van der Waals surface area contributed by atoms with Crippen LogP contribution in [0.3, 0.4) is 0 Å². The summed E-state index contributed by atoms with van der Waals surface area (Å²) in [5.74, 6) is 2.66. The van der Waals surface area contributed by atoms with E-state index < -0.39 is 0 Å². The molecule has 1 aromatic rings. The second-order valence-corrected chi connectivity index (χ2v) is 6.18. The summed E-state index contributed by atoms with van der Waals surface area (Å²) in [6.07, 6.45) is 4.61. The molecule has 0 aliphatic heterocycles. The maximum atomic E-state index is 4.69. The largest absolute Gasteiger partial charge is 0.370 e. The molecule has 1 aromatic heterocycles. The van der Waals surface area contributed by atoms with Gasteiger partial charge >= 0.3 is 0 Å². The van der Waals surface area contributed by atoms with Crippen LogP contribution in [0.1, 0.15) is 33.6 Å². The zero-order chi connectivity index (χ0) is 13.8. The van der Waals surface area contributed by atoms with E-state index in [4.69, 9.17) is 0 Å². The SMILES string of the molecule is CCNc1cc(N(CC(C)C)C2CC2)nc(SC)n1. The van der Waals surface area contributed by atoms with Crippen LogP contribution >= 0.6 is 11.8 Å². The number of anilines is 2. The molecule has 0 spiro atoms. The molecule has 106 valence electrons. The first-order valence-electron chi connectivity index (χ1n) is 7.07. The average Bonchev–Trinajstić information content (AvgIpc) is 3.20. The maximum absolute atomic E-state index is 4.69. The number of hydrogen-bond donors (Lipinski definition) is 1. The lowest BCUT2D eigenvalue weighted by molar-refractivity contribution is 0.600. The van der Waals surface area contributed by atoms with E-state index in [2.05, 4.69) is 47.0 Å². The molecule has 0 unspecified atom stereocenters. The van der Waals surface area contributed by atoms with Crippen LogP contribution in [-0.2, 0) is 0 Å². The number of nitrogens with zero attached hydrogens (tertiary/aromatic N) is 3. The highest BCUT2D eigenvalue weighted by Gasteiger charge is 2.30. The first kappa shape index (κ1) is 14.4. The first-order valence-corrected chi connectivity index (χ1v) is 8.30. The van der Waals surface area contributed by atoms with Gasteiger partial charge in [0.25, 0.3) is 0 Å². The van der Waals surface area contributed by atoms with Crippen molar-refractivity contribution in [2.24, 2.45) is 5.92 Å². The van der Waals surface area contributed by atoms with Gasteiger partial charge in [-0.1, -0.05) is 25.6 Å². The Morgan fingerprint density at radius 2 is 2.16 bits per heavy atom. The molecule has 0 saturated heterocycles. The van der Waals surface area contributed by atoms with Crippen LogP contribution in [-0.4, -0.2) is 35.4 Å². The second kappa shape index (κ2) is 6.46. The molecule has 2 rings (SSSR count). The van der Waals surface area contributed by atoms with Gasteiger partial charge < -0.3 is 10.2 Å². The fourth-order valence-electron chi connectivity index (χ4n) is 2.13.